The Balaban J connectivity index is 0.000000640. The smallest absolute Gasteiger partial charge is 0 e. The van der Waals surface area contributed by atoms with E-state index in [1.807, 2.05) is 6.07 Å². The van der Waals surface area contributed by atoms with E-state index >= 15 is 0 Å². The van der Waals surface area contributed by atoms with E-state index < -0.39 is 0 Å². The van der Waals surface area contributed by atoms with Crippen molar-refractivity contribution < 1.29 is 0 Å². The van der Waals surface area contributed by atoms with Crippen LogP contribution in [0, 0.1) is 0 Å². The molecule has 0 spiro atoms. The molecule has 0 aliphatic rings. The van der Waals surface area contributed by atoms with Crippen molar-refractivity contribution in [3.05, 3.63) is 30.3 Å². The SMILES string of the molecule is CPc1ccccc1.[Li]. The maximum atomic E-state index is 2.19. The largest absolute Gasteiger partial charge is 0.0936 e. The Morgan fingerprint density at radius 1 is 1.11 bits per heavy atom. The minimum absolute atomic E-state index is 0. The molecule has 0 amide bonds. The van der Waals surface area contributed by atoms with Gasteiger partial charge in [0.1, 0.15) is 0 Å². The van der Waals surface area contributed by atoms with Crippen LogP contribution in [-0.4, -0.2) is 25.5 Å². The molecule has 2 heteroatoms. The van der Waals surface area contributed by atoms with Gasteiger partial charge in [-0.15, -0.1) is 0 Å². The summed E-state index contributed by atoms with van der Waals surface area (Å²) in [4.78, 5) is 0. The molecule has 9 heavy (non-hydrogen) atoms. The van der Waals surface area contributed by atoms with Gasteiger partial charge in [-0.2, -0.15) is 0 Å². The third kappa shape index (κ3) is 3.07. The Kier molecular flexibility index (Phi) is 5.20. The summed E-state index contributed by atoms with van der Waals surface area (Å²) in [5.74, 6) is 0. The topological polar surface area (TPSA) is 0 Å². The average molecular weight is 131 g/mol. The second kappa shape index (κ2) is 5.07. The van der Waals surface area contributed by atoms with Crippen molar-refractivity contribution in [2.45, 2.75) is 0 Å². The van der Waals surface area contributed by atoms with Crippen molar-refractivity contribution in [3.63, 3.8) is 0 Å². The Bertz CT molecular complexity index is 150. The van der Waals surface area contributed by atoms with Gasteiger partial charge >= 0.3 is 0 Å². The van der Waals surface area contributed by atoms with E-state index in [9.17, 15) is 0 Å². The van der Waals surface area contributed by atoms with Crippen LogP contribution in [0.15, 0.2) is 30.3 Å². The summed E-state index contributed by atoms with van der Waals surface area (Å²) in [7, 11) is 0.930. The van der Waals surface area contributed by atoms with Crippen LogP contribution in [0.1, 0.15) is 0 Å². The van der Waals surface area contributed by atoms with E-state index in [4.69, 9.17) is 0 Å². The molecule has 0 nitrogen and oxygen atoms in total. The first-order valence-corrected chi connectivity index (χ1v) is 4.16. The van der Waals surface area contributed by atoms with E-state index in [-0.39, 0.29) is 18.9 Å². The molecular formula is C7H9LiP. The molecule has 43 valence electrons. The molecule has 1 rings (SSSR count). The minimum Gasteiger partial charge on any atom is -0.0936 e. The molecule has 1 aromatic rings. The molecule has 1 atom stereocenters. The predicted octanol–water partition coefficient (Wildman–Crippen LogP) is 1.24. The second-order valence-corrected chi connectivity index (χ2v) is 2.69. The number of benzene rings is 1. The van der Waals surface area contributed by atoms with Gasteiger partial charge in [-0.25, -0.2) is 0 Å². The summed E-state index contributed by atoms with van der Waals surface area (Å²) in [6.07, 6.45) is 0. The first kappa shape index (κ1) is 9.25. The van der Waals surface area contributed by atoms with E-state index in [1.165, 1.54) is 5.30 Å². The van der Waals surface area contributed by atoms with Gasteiger partial charge < -0.3 is 0 Å². The zero-order chi connectivity index (χ0) is 5.82. The van der Waals surface area contributed by atoms with Crippen molar-refractivity contribution in [2.75, 3.05) is 6.66 Å². The maximum Gasteiger partial charge on any atom is 0 e. The molecule has 0 N–H and O–H groups in total. The summed E-state index contributed by atoms with van der Waals surface area (Å²) in [6, 6.07) is 10.5. The molecule has 0 aliphatic heterocycles. The third-order valence-electron chi connectivity index (χ3n) is 1.06. The zero-order valence-corrected chi connectivity index (χ0v) is 6.89. The van der Waals surface area contributed by atoms with Gasteiger partial charge in [-0.3, -0.25) is 0 Å². The second-order valence-electron chi connectivity index (χ2n) is 1.62. The fourth-order valence-electron chi connectivity index (χ4n) is 0.605. The first-order chi connectivity index (χ1) is 3.93. The molecule has 0 aromatic heterocycles. The summed E-state index contributed by atoms with van der Waals surface area (Å²) in [5.41, 5.74) is 0. The van der Waals surface area contributed by atoms with Gasteiger partial charge in [0.15, 0.2) is 0 Å². The Morgan fingerprint density at radius 3 is 2.00 bits per heavy atom. The third-order valence-corrected chi connectivity index (χ3v) is 1.97. The van der Waals surface area contributed by atoms with Crippen molar-refractivity contribution in [2.24, 2.45) is 0 Å². The molecule has 0 bridgehead atoms. The first-order valence-electron chi connectivity index (χ1n) is 2.66. The van der Waals surface area contributed by atoms with E-state index in [2.05, 4.69) is 30.9 Å². The summed E-state index contributed by atoms with van der Waals surface area (Å²) >= 11 is 0. The van der Waals surface area contributed by atoms with Gasteiger partial charge in [-0.05, 0) is 12.0 Å². The van der Waals surface area contributed by atoms with Crippen LogP contribution in [0.3, 0.4) is 0 Å². The van der Waals surface area contributed by atoms with Crippen LogP contribution in [-0.2, 0) is 0 Å². The molecule has 1 unspecified atom stereocenters. The monoisotopic (exact) mass is 131 g/mol. The summed E-state index contributed by atoms with van der Waals surface area (Å²) in [5, 5.41) is 1.44. The maximum absolute atomic E-state index is 2.19. The van der Waals surface area contributed by atoms with Gasteiger partial charge in [0.05, 0.1) is 0 Å². The number of hydrogen-bond acceptors (Lipinski definition) is 0. The quantitative estimate of drug-likeness (QED) is 0.397. The van der Waals surface area contributed by atoms with E-state index in [0.717, 1.165) is 8.58 Å². The van der Waals surface area contributed by atoms with Gasteiger partial charge in [0, 0.05) is 18.9 Å². The Labute approximate surface area is 70.0 Å². The van der Waals surface area contributed by atoms with Crippen LogP contribution in [0.2, 0.25) is 0 Å². The Morgan fingerprint density at radius 2 is 1.67 bits per heavy atom. The van der Waals surface area contributed by atoms with Gasteiger partial charge in [0.25, 0.3) is 0 Å². The summed E-state index contributed by atoms with van der Waals surface area (Å²) in [6.45, 7) is 2.19. The number of hydrogen-bond donors (Lipinski definition) is 0. The molecule has 0 heterocycles. The van der Waals surface area contributed by atoms with E-state index in [0.29, 0.717) is 0 Å². The fourth-order valence-corrected chi connectivity index (χ4v) is 1.13. The fraction of sp³-hybridized carbons (Fsp3) is 0.143. The van der Waals surface area contributed by atoms with Crippen molar-refractivity contribution >= 4 is 32.7 Å². The number of rotatable bonds is 1. The van der Waals surface area contributed by atoms with Gasteiger partial charge in [0.2, 0.25) is 0 Å². The van der Waals surface area contributed by atoms with Gasteiger partial charge in [-0.1, -0.05) is 38.9 Å². The van der Waals surface area contributed by atoms with Crippen LogP contribution in [0.4, 0.5) is 0 Å². The standard InChI is InChI=1S/C7H9P.Li/c1-8-7-5-3-2-4-6-7;/h2-6,8H,1H3;. The minimum atomic E-state index is 0. The van der Waals surface area contributed by atoms with Crippen LogP contribution < -0.4 is 5.30 Å². The molecular weight excluding hydrogens is 122 g/mol. The predicted molar refractivity (Wildman–Crippen MR) is 46.1 cm³/mol. The van der Waals surface area contributed by atoms with E-state index in [1.54, 1.807) is 0 Å². The van der Waals surface area contributed by atoms with Crippen molar-refractivity contribution in [1.29, 1.82) is 0 Å². The van der Waals surface area contributed by atoms with Crippen LogP contribution in [0.25, 0.3) is 0 Å². The average Bonchev–Trinajstić information content (AvgIpc) is 1.90. The molecule has 0 saturated heterocycles. The Hall–Kier alpha value is 0.247. The molecule has 0 fully saturated rings. The zero-order valence-electron chi connectivity index (χ0n) is 5.89. The molecule has 0 saturated carbocycles. The normalized spacial score (nSPS) is 9.44. The molecule has 0 aliphatic carbocycles. The van der Waals surface area contributed by atoms with Crippen molar-refractivity contribution in [3.8, 4) is 0 Å². The van der Waals surface area contributed by atoms with Crippen LogP contribution in [0.5, 0.6) is 0 Å². The summed E-state index contributed by atoms with van der Waals surface area (Å²) < 4.78 is 0. The molecule has 1 radical (unpaired) electrons. The van der Waals surface area contributed by atoms with Crippen LogP contribution >= 0.6 is 8.58 Å². The van der Waals surface area contributed by atoms with Crippen molar-refractivity contribution in [1.82, 2.24) is 0 Å². The molecule has 1 aromatic carbocycles.